The Kier molecular flexibility index (Phi) is 4.94. The highest BCUT2D eigenvalue weighted by molar-refractivity contribution is 7.89. The molecule has 0 aromatic heterocycles. The van der Waals surface area contributed by atoms with E-state index in [1.54, 1.807) is 12.1 Å². The molecule has 1 fully saturated rings. The lowest BCUT2D eigenvalue weighted by Gasteiger charge is -2.37. The van der Waals surface area contributed by atoms with Gasteiger partial charge in [-0.05, 0) is 42.5 Å². The normalized spacial score (nSPS) is 17.8. The molecule has 25 heavy (non-hydrogen) atoms. The number of hydrogen-bond acceptors (Lipinski definition) is 3. The van der Waals surface area contributed by atoms with Crippen LogP contribution in [0.2, 0.25) is 0 Å². The maximum absolute atomic E-state index is 12.9. The van der Waals surface area contributed by atoms with Crippen LogP contribution in [0.5, 0.6) is 0 Å². The standard InChI is InChI=1S/C20H22N2O2S/c1-2-17-8-10-19(11-9-17)25(23,24)22-14-12-20(16-21,13-15-22)18-6-4-3-5-7-18/h3-11H,2,12-15H2,1H3. The van der Waals surface area contributed by atoms with E-state index in [1.807, 2.05) is 49.4 Å². The predicted octanol–water partition coefficient (Wildman–Crippen LogP) is 3.50. The van der Waals surface area contributed by atoms with Gasteiger partial charge in [0, 0.05) is 13.1 Å². The van der Waals surface area contributed by atoms with E-state index in [9.17, 15) is 13.7 Å². The fraction of sp³-hybridized carbons (Fsp3) is 0.350. The number of hydrogen-bond donors (Lipinski definition) is 0. The number of piperidine rings is 1. The van der Waals surface area contributed by atoms with E-state index >= 15 is 0 Å². The molecule has 0 bridgehead atoms. The Balaban J connectivity index is 1.80. The SMILES string of the molecule is CCc1ccc(S(=O)(=O)N2CCC(C#N)(c3ccccc3)CC2)cc1. The fourth-order valence-electron chi connectivity index (χ4n) is 3.38. The summed E-state index contributed by atoms with van der Waals surface area (Å²) in [7, 11) is -3.50. The molecular formula is C20H22N2O2S. The molecule has 0 amide bonds. The minimum Gasteiger partial charge on any atom is -0.207 e. The van der Waals surface area contributed by atoms with Crippen LogP contribution in [0.4, 0.5) is 0 Å². The van der Waals surface area contributed by atoms with Crippen molar-refractivity contribution in [1.29, 1.82) is 5.26 Å². The molecular weight excluding hydrogens is 332 g/mol. The van der Waals surface area contributed by atoms with Crippen molar-refractivity contribution in [2.24, 2.45) is 0 Å². The highest BCUT2D eigenvalue weighted by Crippen LogP contribution is 2.36. The van der Waals surface area contributed by atoms with Gasteiger partial charge in [-0.15, -0.1) is 0 Å². The van der Waals surface area contributed by atoms with Gasteiger partial charge in [0.1, 0.15) is 0 Å². The summed E-state index contributed by atoms with van der Waals surface area (Å²) in [6, 6.07) is 19.2. The van der Waals surface area contributed by atoms with Gasteiger partial charge in [0.15, 0.2) is 0 Å². The van der Waals surface area contributed by atoms with E-state index in [4.69, 9.17) is 0 Å². The Hall–Kier alpha value is -2.16. The van der Waals surface area contributed by atoms with Crippen molar-refractivity contribution in [1.82, 2.24) is 4.31 Å². The zero-order valence-electron chi connectivity index (χ0n) is 14.4. The van der Waals surface area contributed by atoms with Gasteiger partial charge in [-0.3, -0.25) is 0 Å². The van der Waals surface area contributed by atoms with Crippen LogP contribution in [-0.4, -0.2) is 25.8 Å². The second-order valence-electron chi connectivity index (χ2n) is 6.46. The van der Waals surface area contributed by atoms with Crippen LogP contribution >= 0.6 is 0 Å². The number of sulfonamides is 1. The maximum Gasteiger partial charge on any atom is 0.243 e. The number of aryl methyl sites for hydroxylation is 1. The molecule has 1 aliphatic heterocycles. The first-order chi connectivity index (χ1) is 12.0. The van der Waals surface area contributed by atoms with Gasteiger partial charge in [-0.2, -0.15) is 9.57 Å². The van der Waals surface area contributed by atoms with Crippen LogP contribution < -0.4 is 0 Å². The molecule has 1 aliphatic rings. The number of nitriles is 1. The Labute approximate surface area is 149 Å². The van der Waals surface area contributed by atoms with Gasteiger partial charge in [-0.25, -0.2) is 8.42 Å². The summed E-state index contributed by atoms with van der Waals surface area (Å²) < 4.78 is 27.2. The Morgan fingerprint density at radius 1 is 1.04 bits per heavy atom. The Bertz CT molecular complexity index is 860. The van der Waals surface area contributed by atoms with E-state index in [2.05, 4.69) is 6.07 Å². The maximum atomic E-state index is 12.9. The Morgan fingerprint density at radius 2 is 1.64 bits per heavy atom. The average Bonchev–Trinajstić information content (AvgIpc) is 2.68. The second kappa shape index (κ2) is 6.99. The minimum absolute atomic E-state index is 0.328. The lowest BCUT2D eigenvalue weighted by atomic mass is 9.74. The molecule has 0 atom stereocenters. The van der Waals surface area contributed by atoms with Gasteiger partial charge in [-0.1, -0.05) is 49.4 Å². The summed E-state index contributed by atoms with van der Waals surface area (Å²) in [6.07, 6.45) is 1.91. The zero-order valence-corrected chi connectivity index (χ0v) is 15.2. The summed E-state index contributed by atoms with van der Waals surface area (Å²) in [5.41, 5.74) is 1.49. The third-order valence-electron chi connectivity index (χ3n) is 5.09. The van der Waals surface area contributed by atoms with Crippen molar-refractivity contribution in [2.75, 3.05) is 13.1 Å². The monoisotopic (exact) mass is 354 g/mol. The van der Waals surface area contributed by atoms with E-state index in [1.165, 1.54) is 4.31 Å². The molecule has 1 heterocycles. The first kappa shape index (κ1) is 17.7. The predicted molar refractivity (Wildman–Crippen MR) is 97.5 cm³/mol. The molecule has 3 rings (SSSR count). The van der Waals surface area contributed by atoms with Gasteiger partial charge in [0.25, 0.3) is 0 Å². The van der Waals surface area contributed by atoms with E-state index in [0.717, 1.165) is 17.5 Å². The molecule has 0 spiro atoms. The van der Waals surface area contributed by atoms with Crippen molar-refractivity contribution in [2.45, 2.75) is 36.5 Å². The fourth-order valence-corrected chi connectivity index (χ4v) is 4.82. The molecule has 4 nitrogen and oxygen atoms in total. The van der Waals surface area contributed by atoms with Gasteiger partial charge in [0.2, 0.25) is 10.0 Å². The molecule has 1 saturated heterocycles. The number of rotatable bonds is 4. The summed E-state index contributed by atoms with van der Waals surface area (Å²) >= 11 is 0. The topological polar surface area (TPSA) is 61.2 Å². The van der Waals surface area contributed by atoms with Crippen LogP contribution in [0.15, 0.2) is 59.5 Å². The molecule has 0 aliphatic carbocycles. The van der Waals surface area contributed by atoms with E-state index < -0.39 is 15.4 Å². The molecule has 130 valence electrons. The first-order valence-corrected chi connectivity index (χ1v) is 10.0. The lowest BCUT2D eigenvalue weighted by Crippen LogP contribution is -2.44. The third kappa shape index (κ3) is 3.33. The molecule has 0 unspecified atom stereocenters. The van der Waals surface area contributed by atoms with Crippen LogP contribution in [0, 0.1) is 11.3 Å². The van der Waals surface area contributed by atoms with Crippen molar-refractivity contribution >= 4 is 10.0 Å². The van der Waals surface area contributed by atoms with Crippen molar-refractivity contribution in [3.05, 3.63) is 65.7 Å². The summed E-state index contributed by atoms with van der Waals surface area (Å²) in [6.45, 7) is 2.76. The third-order valence-corrected chi connectivity index (χ3v) is 7.00. The van der Waals surface area contributed by atoms with Crippen LogP contribution in [0.25, 0.3) is 0 Å². The molecule has 2 aromatic carbocycles. The van der Waals surface area contributed by atoms with Crippen LogP contribution in [-0.2, 0) is 21.9 Å². The smallest absolute Gasteiger partial charge is 0.207 e. The summed E-state index contributed by atoms with van der Waals surface area (Å²) in [5, 5.41) is 9.74. The zero-order chi connectivity index (χ0) is 17.9. The number of benzene rings is 2. The minimum atomic E-state index is -3.50. The molecule has 0 N–H and O–H groups in total. The molecule has 2 aromatic rings. The molecule has 5 heteroatoms. The van der Waals surface area contributed by atoms with Crippen molar-refractivity contribution < 1.29 is 8.42 Å². The highest BCUT2D eigenvalue weighted by atomic mass is 32.2. The van der Waals surface area contributed by atoms with E-state index in [0.29, 0.717) is 30.8 Å². The summed E-state index contributed by atoms with van der Waals surface area (Å²) in [5.74, 6) is 0. The highest BCUT2D eigenvalue weighted by Gasteiger charge is 2.39. The molecule has 0 radical (unpaired) electrons. The second-order valence-corrected chi connectivity index (χ2v) is 8.40. The van der Waals surface area contributed by atoms with Gasteiger partial charge < -0.3 is 0 Å². The van der Waals surface area contributed by atoms with Crippen LogP contribution in [0.1, 0.15) is 30.9 Å². The number of nitrogens with zero attached hydrogens (tertiary/aromatic N) is 2. The first-order valence-electron chi connectivity index (χ1n) is 8.58. The summed E-state index contributed by atoms with van der Waals surface area (Å²) in [4.78, 5) is 0.328. The quantitative estimate of drug-likeness (QED) is 0.844. The van der Waals surface area contributed by atoms with Crippen molar-refractivity contribution in [3.63, 3.8) is 0 Å². The Morgan fingerprint density at radius 3 is 2.16 bits per heavy atom. The van der Waals surface area contributed by atoms with Gasteiger partial charge >= 0.3 is 0 Å². The van der Waals surface area contributed by atoms with Crippen molar-refractivity contribution in [3.8, 4) is 6.07 Å². The average molecular weight is 354 g/mol. The lowest BCUT2D eigenvalue weighted by molar-refractivity contribution is 0.277. The largest absolute Gasteiger partial charge is 0.243 e. The van der Waals surface area contributed by atoms with E-state index in [-0.39, 0.29) is 0 Å². The van der Waals surface area contributed by atoms with Crippen LogP contribution in [0.3, 0.4) is 0 Å². The molecule has 0 saturated carbocycles. The van der Waals surface area contributed by atoms with Gasteiger partial charge in [0.05, 0.1) is 16.4 Å².